The van der Waals surface area contributed by atoms with Crippen molar-refractivity contribution < 1.29 is 65.1 Å². The number of furan rings is 1. The van der Waals surface area contributed by atoms with E-state index in [4.69, 9.17) is 24.7 Å². The summed E-state index contributed by atoms with van der Waals surface area (Å²) >= 11 is 0. The highest BCUT2D eigenvalue weighted by Crippen LogP contribution is 2.66. The number of aromatic nitrogens is 3. The maximum absolute atomic E-state index is 15.7. The molecule has 1 saturated heterocycles. The van der Waals surface area contributed by atoms with Crippen LogP contribution in [0, 0.1) is 5.82 Å². The van der Waals surface area contributed by atoms with Gasteiger partial charge in [0.15, 0.2) is 0 Å². The Morgan fingerprint density at radius 3 is 2.48 bits per heavy atom. The lowest BCUT2D eigenvalue weighted by Gasteiger charge is -2.19. The Labute approximate surface area is 257 Å². The molecule has 0 bridgehead atoms. The highest BCUT2D eigenvalue weighted by molar-refractivity contribution is 7.66. The number of nitrogens with zero attached hydrogens (tertiary/aromatic N) is 3. The van der Waals surface area contributed by atoms with E-state index in [-0.39, 0.29) is 28.8 Å². The van der Waals surface area contributed by atoms with Crippen LogP contribution < -0.4 is 5.73 Å². The van der Waals surface area contributed by atoms with E-state index in [9.17, 15) is 28.6 Å². The van der Waals surface area contributed by atoms with E-state index in [0.717, 1.165) is 5.39 Å². The average molecular weight is 700 g/mol. The first kappa shape index (κ1) is 32.6. The van der Waals surface area contributed by atoms with Crippen molar-refractivity contribution in [3.05, 3.63) is 66.9 Å². The molecule has 5 aromatic rings. The fraction of sp³-hybridized carbons (Fsp3) is 0.200. The molecule has 21 heteroatoms. The summed E-state index contributed by atoms with van der Waals surface area (Å²) < 4.78 is 75.3. The Balaban J connectivity index is 1.24. The topological polar surface area (TPSA) is 259 Å². The Bertz CT molecular complexity index is 2070. The largest absolute Gasteiger partial charge is 0.490 e. The van der Waals surface area contributed by atoms with E-state index >= 15 is 4.39 Å². The number of ether oxygens (including phenoxy) is 1. The van der Waals surface area contributed by atoms with E-state index < -0.39 is 54.3 Å². The standard InChI is InChI=1S/C25H24FN4O13P3/c26-17-7-14(20-8-13-3-1-2-4-19(13)40-20)5-6-15(17)16-10-30(25-23(16)24(27)28-12-29-25)22-9-18(31)21(41-22)11-39-45(35,36)43-46(37,38)42-44(32,33)34/h1-8,10,12,18,21-22,31H,9,11H2,(H,35,36)(H,37,38)(H2,27,28,29)(H2,32,33,34)/t18-,21+,22+/m0/s1. The van der Waals surface area contributed by atoms with Crippen molar-refractivity contribution in [1.82, 2.24) is 14.5 Å². The van der Waals surface area contributed by atoms with Gasteiger partial charge >= 0.3 is 23.5 Å². The molecule has 0 radical (unpaired) electrons. The van der Waals surface area contributed by atoms with Gasteiger partial charge in [0, 0.05) is 34.7 Å². The first-order valence-corrected chi connectivity index (χ1v) is 17.6. The van der Waals surface area contributed by atoms with Crippen molar-refractivity contribution in [1.29, 1.82) is 0 Å². The minimum absolute atomic E-state index is 0.0299. The van der Waals surface area contributed by atoms with Crippen molar-refractivity contribution >= 4 is 51.3 Å². The zero-order valence-electron chi connectivity index (χ0n) is 23.1. The molecule has 6 rings (SSSR count). The van der Waals surface area contributed by atoms with Gasteiger partial charge in [0.1, 0.15) is 47.3 Å². The van der Waals surface area contributed by atoms with Gasteiger partial charge in [0.2, 0.25) is 0 Å². The Hall–Kier alpha value is -3.34. The molecule has 1 fully saturated rings. The molecule has 1 aliphatic heterocycles. The third-order valence-corrected chi connectivity index (χ3v) is 10.7. The number of hydrogen-bond acceptors (Lipinski definition) is 12. The lowest BCUT2D eigenvalue weighted by Crippen LogP contribution is -2.26. The molecule has 0 aliphatic carbocycles. The minimum atomic E-state index is -5.73. The van der Waals surface area contributed by atoms with Crippen molar-refractivity contribution in [3.63, 3.8) is 0 Å². The van der Waals surface area contributed by atoms with Crippen LogP contribution in [0.3, 0.4) is 0 Å². The van der Waals surface area contributed by atoms with Crippen LogP contribution in [0.1, 0.15) is 12.6 Å². The molecule has 2 aromatic carbocycles. The molecule has 5 atom stereocenters. The van der Waals surface area contributed by atoms with E-state index in [2.05, 4.69) is 23.1 Å². The molecule has 7 N–H and O–H groups in total. The lowest BCUT2D eigenvalue weighted by molar-refractivity contribution is -0.0421. The molecule has 0 amide bonds. The summed E-state index contributed by atoms with van der Waals surface area (Å²) in [4.78, 5) is 44.7. The van der Waals surface area contributed by atoms with Crippen LogP contribution in [0.4, 0.5) is 10.2 Å². The minimum Gasteiger partial charge on any atom is -0.456 e. The summed E-state index contributed by atoms with van der Waals surface area (Å²) in [5.74, 6) is -0.115. The van der Waals surface area contributed by atoms with Gasteiger partial charge in [-0.1, -0.05) is 30.3 Å². The number of phosphoric acid groups is 3. The molecule has 17 nitrogen and oxygen atoms in total. The normalized spacial score (nSPS) is 21.5. The maximum atomic E-state index is 15.7. The second-order valence-corrected chi connectivity index (χ2v) is 14.5. The number of hydrogen-bond donors (Lipinski definition) is 6. The van der Waals surface area contributed by atoms with E-state index in [0.29, 0.717) is 22.5 Å². The Morgan fingerprint density at radius 1 is 1.00 bits per heavy atom. The Kier molecular flexibility index (Phi) is 8.53. The van der Waals surface area contributed by atoms with Gasteiger partial charge < -0.3 is 44.1 Å². The van der Waals surface area contributed by atoms with Gasteiger partial charge in [0.25, 0.3) is 0 Å². The number of rotatable bonds is 10. The number of fused-ring (bicyclic) bond motifs is 2. The van der Waals surface area contributed by atoms with Crippen LogP contribution in [-0.2, 0) is 31.6 Å². The lowest BCUT2D eigenvalue weighted by atomic mass is 10.0. The van der Waals surface area contributed by atoms with Gasteiger partial charge in [-0.25, -0.2) is 28.1 Å². The number of halogens is 1. The smallest absolute Gasteiger partial charge is 0.456 e. The molecule has 4 heterocycles. The van der Waals surface area contributed by atoms with Gasteiger partial charge in [-0.3, -0.25) is 4.52 Å². The average Bonchev–Trinajstić information content (AvgIpc) is 3.65. The molecule has 244 valence electrons. The van der Waals surface area contributed by atoms with Crippen LogP contribution in [-0.4, -0.2) is 58.0 Å². The second kappa shape index (κ2) is 12.0. The zero-order chi connectivity index (χ0) is 33.0. The molecule has 2 unspecified atom stereocenters. The van der Waals surface area contributed by atoms with E-state index in [1.807, 2.05) is 18.2 Å². The molecule has 3 aromatic heterocycles. The van der Waals surface area contributed by atoms with Crippen LogP contribution in [0.5, 0.6) is 0 Å². The summed E-state index contributed by atoms with van der Waals surface area (Å²) in [6, 6.07) is 13.7. The first-order valence-electron chi connectivity index (χ1n) is 13.1. The van der Waals surface area contributed by atoms with Crippen molar-refractivity contribution in [2.45, 2.75) is 24.9 Å². The third-order valence-electron chi connectivity index (χ3n) is 6.94. The van der Waals surface area contributed by atoms with E-state index in [1.165, 1.54) is 23.2 Å². The molecule has 0 spiro atoms. The predicted molar refractivity (Wildman–Crippen MR) is 157 cm³/mol. The maximum Gasteiger partial charge on any atom is 0.490 e. The van der Waals surface area contributed by atoms with Crippen molar-refractivity contribution in [2.24, 2.45) is 0 Å². The quantitative estimate of drug-likeness (QED) is 0.111. The van der Waals surface area contributed by atoms with Gasteiger partial charge in [-0.2, -0.15) is 8.62 Å². The summed E-state index contributed by atoms with van der Waals surface area (Å²) in [5, 5.41) is 11.7. The van der Waals surface area contributed by atoms with Gasteiger partial charge in [-0.05, 0) is 18.2 Å². The summed E-state index contributed by atoms with van der Waals surface area (Å²) in [6.45, 7) is -0.873. The fourth-order valence-corrected chi connectivity index (χ4v) is 8.08. The van der Waals surface area contributed by atoms with Crippen LogP contribution in [0.25, 0.3) is 44.5 Å². The molecule has 0 saturated carbocycles. The SMILES string of the molecule is Nc1ncnc2c1c(-c1ccc(-c3cc4ccccc4o3)cc1F)cn2[C@H]1C[C@H](O)[C@@H](COP(=O)(O)OP(=O)(O)OP(=O)(O)O)O1. The second-order valence-electron chi connectivity index (χ2n) is 10.1. The van der Waals surface area contributed by atoms with Crippen molar-refractivity contribution in [3.8, 4) is 22.5 Å². The molecule has 1 aliphatic rings. The number of aliphatic hydroxyl groups excluding tert-OH is 1. The highest BCUT2D eigenvalue weighted by Gasteiger charge is 2.43. The van der Waals surface area contributed by atoms with Crippen LogP contribution in [0.2, 0.25) is 0 Å². The van der Waals surface area contributed by atoms with E-state index in [1.54, 1.807) is 24.3 Å². The number of benzene rings is 2. The van der Waals surface area contributed by atoms with Gasteiger partial charge in [-0.15, -0.1) is 0 Å². The van der Waals surface area contributed by atoms with Crippen LogP contribution >= 0.6 is 23.5 Å². The fourth-order valence-electron chi connectivity index (χ4n) is 5.05. The number of aliphatic hydroxyl groups is 1. The highest BCUT2D eigenvalue weighted by atomic mass is 31.3. The molecule has 46 heavy (non-hydrogen) atoms. The monoisotopic (exact) mass is 700 g/mol. The summed E-state index contributed by atoms with van der Waals surface area (Å²) in [6.07, 6.45) is -1.07. The van der Waals surface area contributed by atoms with Gasteiger partial charge in [0.05, 0.1) is 18.1 Å². The number of anilines is 1. The predicted octanol–water partition coefficient (Wildman–Crippen LogP) is 4.22. The molecular weight excluding hydrogens is 676 g/mol. The Morgan fingerprint density at radius 2 is 1.76 bits per heavy atom. The van der Waals surface area contributed by atoms with Crippen LogP contribution in [0.15, 0.2) is 65.5 Å². The number of nitrogen functional groups attached to an aromatic ring is 1. The number of phosphoric ester groups is 1. The first-order chi connectivity index (χ1) is 21.6. The zero-order valence-corrected chi connectivity index (χ0v) is 25.7. The third kappa shape index (κ3) is 6.85. The number of para-hydroxylation sites is 1. The summed E-state index contributed by atoms with van der Waals surface area (Å²) in [7, 11) is -16.8. The molecular formula is C25H24FN4O13P3. The van der Waals surface area contributed by atoms with Crippen molar-refractivity contribution in [2.75, 3.05) is 12.3 Å². The number of nitrogens with two attached hydrogens (primary N) is 1. The summed E-state index contributed by atoms with van der Waals surface area (Å²) in [5.41, 5.74) is 7.98.